The molecule has 1 atom stereocenters. The number of aryl methyl sites for hydroxylation is 2. The Bertz CT molecular complexity index is 1210. The Morgan fingerprint density at radius 3 is 2.93 bits per heavy atom. The number of H-pyrrole nitrogens is 1. The van der Waals surface area contributed by atoms with Crippen LogP contribution in [0.2, 0.25) is 0 Å². The fourth-order valence-corrected chi connectivity index (χ4v) is 7.19. The Hall–Kier alpha value is -1.77. The van der Waals surface area contributed by atoms with Crippen LogP contribution in [0.1, 0.15) is 57.4 Å². The largest absolute Gasteiger partial charge is 0.322 e. The van der Waals surface area contributed by atoms with Gasteiger partial charge in [-0.3, -0.25) is 15.0 Å². The highest BCUT2D eigenvalue weighted by Gasteiger charge is 2.25. The molecule has 2 aliphatic carbocycles. The van der Waals surface area contributed by atoms with Gasteiger partial charge in [0.1, 0.15) is 4.83 Å². The van der Waals surface area contributed by atoms with Crippen LogP contribution in [0.25, 0.3) is 10.2 Å². The van der Waals surface area contributed by atoms with Crippen molar-refractivity contribution in [2.45, 2.75) is 51.9 Å². The summed E-state index contributed by atoms with van der Waals surface area (Å²) in [6, 6.07) is 0. The summed E-state index contributed by atoms with van der Waals surface area (Å²) in [5.74, 6) is 0.405. The molecular weight excluding hydrogens is 410 g/mol. The Kier molecular flexibility index (Phi) is 4.52. The number of carbonyl (C=O) groups excluding carboxylic acids is 1. The molecule has 0 aliphatic heterocycles. The van der Waals surface area contributed by atoms with Crippen molar-refractivity contribution < 1.29 is 4.79 Å². The minimum absolute atomic E-state index is 0.218. The van der Waals surface area contributed by atoms with Crippen LogP contribution in [0, 0.1) is 10.7 Å². The van der Waals surface area contributed by atoms with Crippen molar-refractivity contribution >= 4 is 51.0 Å². The van der Waals surface area contributed by atoms with E-state index in [0.29, 0.717) is 16.9 Å². The quantitative estimate of drug-likeness (QED) is 0.584. The summed E-state index contributed by atoms with van der Waals surface area (Å²) in [5.41, 5.74) is 5.50. The third-order valence-electron chi connectivity index (χ3n) is 5.87. The number of nitrogens with zero attached hydrogens (tertiary/aromatic N) is 1. The summed E-state index contributed by atoms with van der Waals surface area (Å²) in [5, 5.41) is 2.61. The van der Waals surface area contributed by atoms with Gasteiger partial charge in [-0.2, -0.15) is 4.68 Å². The van der Waals surface area contributed by atoms with E-state index in [-0.39, 0.29) is 16.2 Å². The Morgan fingerprint density at radius 2 is 2.07 bits per heavy atom. The highest BCUT2D eigenvalue weighted by Crippen LogP contribution is 2.34. The molecule has 5 rings (SSSR count). The number of hydrogen-bond donors (Lipinski definition) is 2. The van der Waals surface area contributed by atoms with Crippen LogP contribution in [-0.2, 0) is 25.7 Å². The molecule has 0 spiro atoms. The number of carbonyl (C=O) groups is 1. The van der Waals surface area contributed by atoms with Gasteiger partial charge in [0.25, 0.3) is 11.5 Å². The van der Waals surface area contributed by atoms with Crippen molar-refractivity contribution in [3.05, 3.63) is 46.9 Å². The van der Waals surface area contributed by atoms with Crippen LogP contribution >= 0.6 is 34.9 Å². The molecule has 0 saturated heterocycles. The van der Waals surface area contributed by atoms with Crippen molar-refractivity contribution in [3.8, 4) is 0 Å². The second-order valence-electron chi connectivity index (χ2n) is 7.83. The molecule has 0 saturated carbocycles. The standard InChI is InChI=1S/C20H21N3O2S3/c1-10-6-7-11-13(9-27-15(11)8-10)17(24)22-23-19(25)16-12-4-2-3-5-14(12)28-18(16)21-20(23)26/h9-10H,2-8H2,1H3,(H,21,26)(H,22,24)/t10-/m1/s1. The van der Waals surface area contributed by atoms with Crippen molar-refractivity contribution in [3.63, 3.8) is 0 Å². The van der Waals surface area contributed by atoms with Gasteiger partial charge in [0.15, 0.2) is 0 Å². The predicted molar refractivity (Wildman–Crippen MR) is 117 cm³/mol. The molecule has 0 unspecified atom stereocenters. The lowest BCUT2D eigenvalue weighted by atomic mass is 9.88. The Labute approximate surface area is 175 Å². The second-order valence-corrected chi connectivity index (χ2v) is 10.3. The molecule has 3 aromatic heterocycles. The zero-order valence-electron chi connectivity index (χ0n) is 15.6. The third-order valence-corrected chi connectivity index (χ3v) is 8.41. The zero-order valence-corrected chi connectivity index (χ0v) is 18.0. The molecule has 8 heteroatoms. The van der Waals surface area contributed by atoms with Crippen molar-refractivity contribution in [1.29, 1.82) is 0 Å². The molecule has 1 amide bonds. The maximum Gasteiger partial charge on any atom is 0.282 e. The Balaban J connectivity index is 1.54. The van der Waals surface area contributed by atoms with Crippen LogP contribution in [0.15, 0.2) is 10.2 Å². The number of rotatable bonds is 2. The average Bonchev–Trinajstić information content (AvgIpc) is 3.25. The number of aromatic nitrogens is 2. The van der Waals surface area contributed by atoms with Gasteiger partial charge >= 0.3 is 0 Å². The van der Waals surface area contributed by atoms with Gasteiger partial charge in [-0.25, -0.2) is 0 Å². The van der Waals surface area contributed by atoms with E-state index in [2.05, 4.69) is 17.3 Å². The molecule has 0 aromatic carbocycles. The molecule has 0 radical (unpaired) electrons. The van der Waals surface area contributed by atoms with Crippen LogP contribution in [0.3, 0.4) is 0 Å². The van der Waals surface area contributed by atoms with Crippen LogP contribution in [0.4, 0.5) is 0 Å². The van der Waals surface area contributed by atoms with E-state index in [1.165, 1.54) is 14.4 Å². The summed E-state index contributed by atoms with van der Waals surface area (Å²) >= 11 is 8.66. The first kappa shape index (κ1) is 18.3. The summed E-state index contributed by atoms with van der Waals surface area (Å²) < 4.78 is 1.46. The maximum absolute atomic E-state index is 13.2. The minimum Gasteiger partial charge on any atom is -0.322 e. The molecular formula is C20H21N3O2S3. The average molecular weight is 432 g/mol. The molecule has 0 fully saturated rings. The maximum atomic E-state index is 13.2. The molecule has 5 nitrogen and oxygen atoms in total. The van der Waals surface area contributed by atoms with E-state index in [9.17, 15) is 9.59 Å². The molecule has 3 heterocycles. The zero-order chi connectivity index (χ0) is 19.4. The molecule has 3 aromatic rings. The lowest BCUT2D eigenvalue weighted by Crippen LogP contribution is -2.34. The molecule has 0 bridgehead atoms. The number of aromatic amines is 1. The van der Waals surface area contributed by atoms with E-state index in [0.717, 1.165) is 60.9 Å². The van der Waals surface area contributed by atoms with Crippen LogP contribution in [-0.4, -0.2) is 15.6 Å². The SMILES string of the molecule is C[C@@H]1CCc2c(C(=O)Nn3c(=S)[nH]c4sc5c(c4c3=O)CCCC5)csc2C1. The summed E-state index contributed by atoms with van der Waals surface area (Å²) in [6.07, 6.45) is 7.23. The fourth-order valence-electron chi connectivity index (χ4n) is 4.37. The third kappa shape index (κ3) is 2.89. The van der Waals surface area contributed by atoms with Gasteiger partial charge < -0.3 is 4.98 Å². The lowest BCUT2D eigenvalue weighted by molar-refractivity contribution is 0.101. The smallest absolute Gasteiger partial charge is 0.282 e. The highest BCUT2D eigenvalue weighted by atomic mass is 32.1. The molecule has 2 N–H and O–H groups in total. The first-order chi connectivity index (χ1) is 13.5. The minimum atomic E-state index is -0.253. The van der Waals surface area contributed by atoms with Crippen LogP contribution in [0.5, 0.6) is 0 Å². The highest BCUT2D eigenvalue weighted by molar-refractivity contribution is 7.71. The lowest BCUT2D eigenvalue weighted by Gasteiger charge is -2.19. The van der Waals surface area contributed by atoms with E-state index >= 15 is 0 Å². The monoisotopic (exact) mass is 431 g/mol. The second kappa shape index (κ2) is 6.93. The number of amides is 1. The van der Waals surface area contributed by atoms with Crippen molar-refractivity contribution in [1.82, 2.24) is 9.66 Å². The number of hydrogen-bond acceptors (Lipinski definition) is 5. The first-order valence-corrected chi connectivity index (χ1v) is 11.8. The van der Waals surface area contributed by atoms with Gasteiger partial charge in [-0.15, -0.1) is 22.7 Å². The molecule has 146 valence electrons. The fraction of sp³-hybridized carbons (Fsp3) is 0.450. The van der Waals surface area contributed by atoms with Gasteiger partial charge in [-0.1, -0.05) is 6.92 Å². The summed E-state index contributed by atoms with van der Waals surface area (Å²) in [7, 11) is 0. The topological polar surface area (TPSA) is 66.9 Å². The van der Waals surface area contributed by atoms with Gasteiger partial charge in [0.05, 0.1) is 10.9 Å². The summed E-state index contributed by atoms with van der Waals surface area (Å²) in [6.45, 7) is 2.25. The number of nitrogens with one attached hydrogen (secondary N) is 2. The van der Waals surface area contributed by atoms with Crippen molar-refractivity contribution in [2.75, 3.05) is 5.43 Å². The number of fused-ring (bicyclic) bond motifs is 4. The normalized spacial score (nSPS) is 18.7. The van der Waals surface area contributed by atoms with Crippen molar-refractivity contribution in [2.24, 2.45) is 5.92 Å². The van der Waals surface area contributed by atoms with E-state index < -0.39 is 0 Å². The molecule has 2 aliphatic rings. The van der Waals surface area contributed by atoms with Gasteiger partial charge in [0, 0.05) is 15.1 Å². The summed E-state index contributed by atoms with van der Waals surface area (Å²) in [4.78, 5) is 32.7. The predicted octanol–water partition coefficient (Wildman–Crippen LogP) is 4.57. The van der Waals surface area contributed by atoms with Gasteiger partial charge in [-0.05, 0) is 74.2 Å². The first-order valence-electron chi connectivity index (χ1n) is 9.73. The Morgan fingerprint density at radius 1 is 1.25 bits per heavy atom. The van der Waals surface area contributed by atoms with Crippen LogP contribution < -0.4 is 11.0 Å². The van der Waals surface area contributed by atoms with E-state index in [4.69, 9.17) is 12.2 Å². The molecule has 28 heavy (non-hydrogen) atoms. The van der Waals surface area contributed by atoms with E-state index in [1.54, 1.807) is 22.7 Å². The van der Waals surface area contributed by atoms with E-state index in [1.807, 2.05) is 5.38 Å². The number of thiophene rings is 2. The van der Waals surface area contributed by atoms with Gasteiger partial charge in [0.2, 0.25) is 4.77 Å².